The van der Waals surface area contributed by atoms with Crippen molar-refractivity contribution in [3.8, 4) is 0 Å². The summed E-state index contributed by atoms with van der Waals surface area (Å²) in [5.74, 6) is -0.559. The van der Waals surface area contributed by atoms with Crippen LogP contribution in [0.25, 0.3) is 0 Å². The molecule has 118 valence electrons. The molecule has 0 aliphatic heterocycles. The van der Waals surface area contributed by atoms with E-state index in [-0.39, 0.29) is 32.0 Å². The Morgan fingerprint density at radius 1 is 1.29 bits per heavy atom. The average Bonchev–Trinajstić information content (AvgIpc) is 2.45. The molecule has 0 saturated heterocycles. The maximum Gasteiger partial charge on any atom is 0.408 e. The van der Waals surface area contributed by atoms with Crippen LogP contribution in [0.4, 0.5) is 4.79 Å². The van der Waals surface area contributed by atoms with Gasteiger partial charge in [-0.15, -0.1) is 12.4 Å². The molecule has 1 atom stereocenters. The minimum absolute atomic E-state index is 0. The van der Waals surface area contributed by atoms with Gasteiger partial charge in [0.15, 0.2) is 0 Å². The monoisotopic (exact) mass is 317 g/mol. The van der Waals surface area contributed by atoms with Gasteiger partial charge < -0.3 is 21.3 Å². The molecule has 7 nitrogen and oxygen atoms in total. The second-order valence-electron chi connectivity index (χ2n) is 4.17. The SMILES string of the molecule is Cl.NCCNC(=O)[C@H](CO)N(Cc1ccccc1)C(=O)O. The Bertz CT molecular complexity index is 444. The molecule has 0 aliphatic rings. The molecule has 0 spiro atoms. The minimum Gasteiger partial charge on any atom is -0.465 e. The average molecular weight is 318 g/mol. The van der Waals surface area contributed by atoms with Gasteiger partial charge >= 0.3 is 6.09 Å². The topological polar surface area (TPSA) is 116 Å². The number of nitrogens with one attached hydrogen (secondary N) is 1. The third-order valence-corrected chi connectivity index (χ3v) is 2.74. The summed E-state index contributed by atoms with van der Waals surface area (Å²) in [5, 5.41) is 21.0. The lowest BCUT2D eigenvalue weighted by Crippen LogP contribution is -2.51. The molecule has 21 heavy (non-hydrogen) atoms. The molecule has 0 unspecified atom stereocenters. The third kappa shape index (κ3) is 5.99. The first kappa shape index (κ1) is 19.2. The first-order valence-electron chi connectivity index (χ1n) is 6.22. The van der Waals surface area contributed by atoms with E-state index in [1.54, 1.807) is 24.3 Å². The van der Waals surface area contributed by atoms with E-state index >= 15 is 0 Å². The predicted molar refractivity (Wildman–Crippen MR) is 80.2 cm³/mol. The number of amides is 2. The van der Waals surface area contributed by atoms with Gasteiger partial charge in [0.2, 0.25) is 5.91 Å². The van der Waals surface area contributed by atoms with Crippen LogP contribution in [0.3, 0.4) is 0 Å². The molecule has 0 bridgehead atoms. The van der Waals surface area contributed by atoms with Crippen LogP contribution in [0.5, 0.6) is 0 Å². The van der Waals surface area contributed by atoms with Gasteiger partial charge in [0, 0.05) is 19.6 Å². The summed E-state index contributed by atoms with van der Waals surface area (Å²) in [6.07, 6.45) is -1.27. The number of aliphatic hydroxyl groups is 1. The zero-order valence-corrected chi connectivity index (χ0v) is 12.3. The predicted octanol–water partition coefficient (Wildman–Crippen LogP) is 0.0242. The highest BCUT2D eigenvalue weighted by molar-refractivity contribution is 5.85. The number of carbonyl (C=O) groups is 2. The number of benzene rings is 1. The maximum atomic E-state index is 11.8. The zero-order valence-electron chi connectivity index (χ0n) is 11.4. The number of rotatable bonds is 7. The number of nitrogens with zero attached hydrogens (tertiary/aromatic N) is 1. The first-order valence-corrected chi connectivity index (χ1v) is 6.22. The van der Waals surface area contributed by atoms with Crippen LogP contribution in [0.15, 0.2) is 30.3 Å². The van der Waals surface area contributed by atoms with Crippen molar-refractivity contribution in [3.05, 3.63) is 35.9 Å². The quantitative estimate of drug-likeness (QED) is 0.566. The van der Waals surface area contributed by atoms with Crippen molar-refractivity contribution < 1.29 is 19.8 Å². The second kappa shape index (κ2) is 9.98. The van der Waals surface area contributed by atoms with E-state index in [4.69, 9.17) is 5.73 Å². The van der Waals surface area contributed by atoms with Crippen molar-refractivity contribution in [2.45, 2.75) is 12.6 Å². The van der Waals surface area contributed by atoms with Crippen molar-refractivity contribution in [2.24, 2.45) is 5.73 Å². The standard InChI is InChI=1S/C13H19N3O4.ClH/c14-6-7-15-12(18)11(9-17)16(13(19)20)8-10-4-2-1-3-5-10;/h1-5,11,17H,6-9,14H2,(H,15,18)(H,19,20);1H/t11-;/m0./s1. The van der Waals surface area contributed by atoms with Crippen LogP contribution in [0, 0.1) is 0 Å². The number of aliphatic hydroxyl groups excluding tert-OH is 1. The van der Waals surface area contributed by atoms with Crippen molar-refractivity contribution in [1.82, 2.24) is 10.2 Å². The van der Waals surface area contributed by atoms with Crippen LogP contribution in [-0.4, -0.2) is 52.9 Å². The lowest BCUT2D eigenvalue weighted by atomic mass is 10.1. The van der Waals surface area contributed by atoms with Gasteiger partial charge in [-0.2, -0.15) is 0 Å². The Hall–Kier alpha value is -1.83. The largest absolute Gasteiger partial charge is 0.465 e. The molecule has 0 heterocycles. The molecular formula is C13H20ClN3O4. The van der Waals surface area contributed by atoms with Crippen molar-refractivity contribution in [1.29, 1.82) is 0 Å². The maximum absolute atomic E-state index is 11.8. The molecule has 0 saturated carbocycles. The van der Waals surface area contributed by atoms with Gasteiger partial charge in [-0.25, -0.2) is 4.79 Å². The second-order valence-corrected chi connectivity index (χ2v) is 4.17. The van der Waals surface area contributed by atoms with Crippen LogP contribution < -0.4 is 11.1 Å². The van der Waals surface area contributed by atoms with E-state index in [9.17, 15) is 19.8 Å². The molecule has 0 aromatic heterocycles. The van der Waals surface area contributed by atoms with Gasteiger partial charge in [-0.05, 0) is 5.56 Å². The first-order chi connectivity index (χ1) is 9.60. The van der Waals surface area contributed by atoms with Crippen molar-refractivity contribution in [2.75, 3.05) is 19.7 Å². The molecule has 8 heteroatoms. The highest BCUT2D eigenvalue weighted by atomic mass is 35.5. The Morgan fingerprint density at radius 3 is 2.38 bits per heavy atom. The number of hydrogen-bond donors (Lipinski definition) is 4. The third-order valence-electron chi connectivity index (χ3n) is 2.74. The number of halogens is 1. The Kier molecular flexibility index (Phi) is 9.11. The fourth-order valence-electron chi connectivity index (χ4n) is 1.73. The summed E-state index contributed by atoms with van der Waals surface area (Å²) in [7, 11) is 0. The minimum atomic E-state index is -1.27. The van der Waals surface area contributed by atoms with Gasteiger partial charge in [-0.1, -0.05) is 30.3 Å². The van der Waals surface area contributed by atoms with E-state index in [1.807, 2.05) is 6.07 Å². The number of carboxylic acid groups (broad SMARTS) is 1. The summed E-state index contributed by atoms with van der Waals surface area (Å²) in [5.41, 5.74) is 6.01. The highest BCUT2D eigenvalue weighted by Crippen LogP contribution is 2.09. The van der Waals surface area contributed by atoms with E-state index < -0.39 is 24.6 Å². The molecule has 0 radical (unpaired) electrons. The zero-order chi connectivity index (χ0) is 15.0. The number of nitrogens with two attached hydrogens (primary N) is 1. The molecule has 0 fully saturated rings. The molecule has 5 N–H and O–H groups in total. The molecule has 1 aromatic carbocycles. The Balaban J connectivity index is 0.00000400. The summed E-state index contributed by atoms with van der Waals surface area (Å²) >= 11 is 0. The Morgan fingerprint density at radius 2 is 1.90 bits per heavy atom. The normalized spacial score (nSPS) is 11.1. The van der Waals surface area contributed by atoms with E-state index in [0.717, 1.165) is 10.5 Å². The van der Waals surface area contributed by atoms with Gasteiger partial charge in [0.05, 0.1) is 6.61 Å². The summed E-state index contributed by atoms with van der Waals surface area (Å²) in [6.45, 7) is -0.0865. The fourth-order valence-corrected chi connectivity index (χ4v) is 1.73. The molecular weight excluding hydrogens is 298 g/mol. The smallest absolute Gasteiger partial charge is 0.408 e. The molecule has 0 aliphatic carbocycles. The summed E-state index contributed by atoms with van der Waals surface area (Å²) < 4.78 is 0. The summed E-state index contributed by atoms with van der Waals surface area (Å²) in [6, 6.07) is 7.71. The number of carbonyl (C=O) groups excluding carboxylic acids is 1. The molecule has 2 amide bonds. The lowest BCUT2D eigenvalue weighted by Gasteiger charge is -2.27. The lowest BCUT2D eigenvalue weighted by molar-refractivity contribution is -0.127. The van der Waals surface area contributed by atoms with Crippen LogP contribution in [0.2, 0.25) is 0 Å². The molecule has 1 aromatic rings. The highest BCUT2D eigenvalue weighted by Gasteiger charge is 2.28. The molecule has 1 rings (SSSR count). The van der Waals surface area contributed by atoms with E-state index in [1.165, 1.54) is 0 Å². The van der Waals surface area contributed by atoms with Crippen LogP contribution >= 0.6 is 12.4 Å². The van der Waals surface area contributed by atoms with Crippen LogP contribution in [0.1, 0.15) is 5.56 Å². The van der Waals surface area contributed by atoms with Gasteiger partial charge in [0.1, 0.15) is 6.04 Å². The van der Waals surface area contributed by atoms with E-state index in [0.29, 0.717) is 0 Å². The Labute approximate surface area is 129 Å². The van der Waals surface area contributed by atoms with Gasteiger partial charge in [-0.3, -0.25) is 9.69 Å². The fraction of sp³-hybridized carbons (Fsp3) is 0.385. The van der Waals surface area contributed by atoms with Gasteiger partial charge in [0.25, 0.3) is 0 Å². The summed E-state index contributed by atoms with van der Waals surface area (Å²) in [4.78, 5) is 24.0. The van der Waals surface area contributed by atoms with Crippen molar-refractivity contribution >= 4 is 24.4 Å². The van der Waals surface area contributed by atoms with E-state index in [2.05, 4.69) is 5.32 Å². The van der Waals surface area contributed by atoms with Crippen molar-refractivity contribution in [3.63, 3.8) is 0 Å². The van der Waals surface area contributed by atoms with Crippen LogP contribution in [-0.2, 0) is 11.3 Å². The number of hydrogen-bond acceptors (Lipinski definition) is 4.